The Labute approximate surface area is 153 Å². The fourth-order valence-electron chi connectivity index (χ4n) is 4.60. The molecule has 4 heterocycles. The number of nitrogens with zero attached hydrogens (tertiary/aromatic N) is 4. The first kappa shape index (κ1) is 17.3. The van der Waals surface area contributed by atoms with Crippen molar-refractivity contribution in [3.8, 4) is 0 Å². The Bertz CT molecular complexity index is 757. The van der Waals surface area contributed by atoms with Crippen LogP contribution in [-0.2, 0) is 24.9 Å². The molecule has 0 aromatic carbocycles. The van der Waals surface area contributed by atoms with Crippen molar-refractivity contribution in [3.05, 3.63) is 42.4 Å². The number of carboxylic acids is 1. The molecule has 7 heteroatoms. The minimum absolute atomic E-state index is 0.123. The zero-order valence-corrected chi connectivity index (χ0v) is 15.2. The molecule has 140 valence electrons. The lowest BCUT2D eigenvalue weighted by molar-refractivity contribution is -0.151. The maximum Gasteiger partial charge on any atom is 0.311 e. The van der Waals surface area contributed by atoms with Crippen LogP contribution in [0.2, 0.25) is 0 Å². The summed E-state index contributed by atoms with van der Waals surface area (Å²) in [6, 6.07) is 3.83. The summed E-state index contributed by atoms with van der Waals surface area (Å²) in [5.74, 6) is 1.39. The average Bonchev–Trinajstić information content (AvgIpc) is 3.29. The SMILES string of the molecule is Cn1ccnc1CN1CCC[C@@]2(C(=O)O)CN(Cc3ccco3)C[C@H]2C1. The minimum Gasteiger partial charge on any atom is -0.481 e. The molecular formula is C19H26N4O3. The molecule has 2 aromatic heterocycles. The number of aliphatic carboxylic acids is 1. The Morgan fingerprint density at radius 3 is 2.92 bits per heavy atom. The van der Waals surface area contributed by atoms with Gasteiger partial charge in [0.15, 0.2) is 0 Å². The summed E-state index contributed by atoms with van der Waals surface area (Å²) in [6.07, 6.45) is 7.08. The second kappa shape index (κ2) is 6.89. The van der Waals surface area contributed by atoms with Crippen LogP contribution in [0.15, 0.2) is 35.2 Å². The van der Waals surface area contributed by atoms with Crippen molar-refractivity contribution in [2.24, 2.45) is 18.4 Å². The Hall–Kier alpha value is -2.12. The van der Waals surface area contributed by atoms with E-state index in [9.17, 15) is 9.90 Å². The smallest absolute Gasteiger partial charge is 0.311 e. The molecule has 2 saturated heterocycles. The van der Waals surface area contributed by atoms with E-state index in [1.165, 1.54) is 0 Å². The van der Waals surface area contributed by atoms with Gasteiger partial charge in [0.1, 0.15) is 11.6 Å². The van der Waals surface area contributed by atoms with E-state index in [1.54, 1.807) is 6.26 Å². The molecule has 2 aromatic rings. The summed E-state index contributed by atoms with van der Waals surface area (Å²) in [5, 5.41) is 10.1. The zero-order valence-electron chi connectivity index (χ0n) is 15.2. The second-order valence-corrected chi connectivity index (χ2v) is 7.70. The van der Waals surface area contributed by atoms with Crippen molar-refractivity contribution >= 4 is 5.97 Å². The van der Waals surface area contributed by atoms with Gasteiger partial charge in [-0.15, -0.1) is 0 Å². The summed E-state index contributed by atoms with van der Waals surface area (Å²) < 4.78 is 7.50. The van der Waals surface area contributed by atoms with E-state index in [0.29, 0.717) is 13.1 Å². The minimum atomic E-state index is -0.650. The number of fused-ring (bicyclic) bond motifs is 1. The molecule has 4 rings (SSSR count). The van der Waals surface area contributed by atoms with E-state index in [-0.39, 0.29) is 5.92 Å². The zero-order chi connectivity index (χ0) is 18.1. The van der Waals surface area contributed by atoms with Crippen LogP contribution in [0.5, 0.6) is 0 Å². The van der Waals surface area contributed by atoms with Gasteiger partial charge in [-0.25, -0.2) is 4.98 Å². The molecule has 0 radical (unpaired) electrons. The van der Waals surface area contributed by atoms with Gasteiger partial charge in [0.05, 0.1) is 24.8 Å². The number of hydrogen-bond acceptors (Lipinski definition) is 5. The first-order valence-electron chi connectivity index (χ1n) is 9.23. The quantitative estimate of drug-likeness (QED) is 0.879. The molecule has 1 N–H and O–H groups in total. The summed E-state index contributed by atoms with van der Waals surface area (Å²) in [5.41, 5.74) is -0.650. The lowest BCUT2D eigenvalue weighted by Gasteiger charge is -2.29. The van der Waals surface area contributed by atoms with Gasteiger partial charge in [-0.3, -0.25) is 14.6 Å². The molecule has 2 aliphatic heterocycles. The number of imidazole rings is 1. The number of carboxylic acid groups (broad SMARTS) is 1. The van der Waals surface area contributed by atoms with Crippen molar-refractivity contribution in [1.29, 1.82) is 0 Å². The van der Waals surface area contributed by atoms with Gasteiger partial charge in [-0.1, -0.05) is 0 Å². The maximum absolute atomic E-state index is 12.3. The monoisotopic (exact) mass is 358 g/mol. The molecule has 0 aliphatic carbocycles. The number of furan rings is 1. The van der Waals surface area contributed by atoms with Gasteiger partial charge in [-0.05, 0) is 31.5 Å². The lowest BCUT2D eigenvalue weighted by Crippen LogP contribution is -2.41. The summed E-state index contributed by atoms with van der Waals surface area (Å²) in [6.45, 7) is 4.57. The molecule has 0 amide bonds. The number of aromatic nitrogens is 2. The van der Waals surface area contributed by atoms with Crippen molar-refractivity contribution < 1.29 is 14.3 Å². The van der Waals surface area contributed by atoms with E-state index in [2.05, 4.69) is 14.8 Å². The largest absolute Gasteiger partial charge is 0.481 e. The van der Waals surface area contributed by atoms with Crippen LogP contribution < -0.4 is 0 Å². The van der Waals surface area contributed by atoms with Crippen LogP contribution in [0.1, 0.15) is 24.4 Å². The molecular weight excluding hydrogens is 332 g/mol. The van der Waals surface area contributed by atoms with Crippen molar-refractivity contribution in [1.82, 2.24) is 19.4 Å². The first-order valence-corrected chi connectivity index (χ1v) is 9.23. The molecule has 0 unspecified atom stereocenters. The molecule has 2 fully saturated rings. The number of hydrogen-bond donors (Lipinski definition) is 1. The van der Waals surface area contributed by atoms with Crippen molar-refractivity contribution in [2.75, 3.05) is 26.2 Å². The van der Waals surface area contributed by atoms with E-state index < -0.39 is 11.4 Å². The number of rotatable bonds is 5. The van der Waals surface area contributed by atoms with E-state index in [1.807, 2.05) is 36.1 Å². The summed E-state index contributed by atoms with van der Waals surface area (Å²) >= 11 is 0. The van der Waals surface area contributed by atoms with Gasteiger partial charge in [0.2, 0.25) is 0 Å². The molecule has 7 nitrogen and oxygen atoms in total. The fraction of sp³-hybridized carbons (Fsp3) is 0.579. The number of carbonyl (C=O) groups is 1. The van der Waals surface area contributed by atoms with E-state index in [4.69, 9.17) is 4.42 Å². The van der Waals surface area contributed by atoms with Crippen LogP contribution in [0.25, 0.3) is 0 Å². The molecule has 0 bridgehead atoms. The van der Waals surface area contributed by atoms with Crippen molar-refractivity contribution in [2.45, 2.75) is 25.9 Å². The van der Waals surface area contributed by atoms with Crippen LogP contribution >= 0.6 is 0 Å². The lowest BCUT2D eigenvalue weighted by atomic mass is 9.75. The van der Waals surface area contributed by atoms with Crippen LogP contribution in [0, 0.1) is 11.3 Å². The maximum atomic E-state index is 12.3. The van der Waals surface area contributed by atoms with Gasteiger partial charge >= 0.3 is 5.97 Å². The average molecular weight is 358 g/mol. The molecule has 26 heavy (non-hydrogen) atoms. The molecule has 0 spiro atoms. The molecule has 0 saturated carbocycles. The Balaban J connectivity index is 1.50. The third-order valence-corrected chi connectivity index (χ3v) is 6.01. The van der Waals surface area contributed by atoms with Gasteiger partial charge in [0, 0.05) is 45.0 Å². The summed E-state index contributed by atoms with van der Waals surface area (Å²) in [7, 11) is 2.00. The highest BCUT2D eigenvalue weighted by atomic mass is 16.4. The van der Waals surface area contributed by atoms with E-state index >= 15 is 0 Å². The Morgan fingerprint density at radius 2 is 2.23 bits per heavy atom. The number of aryl methyl sites for hydroxylation is 1. The molecule has 2 atom stereocenters. The second-order valence-electron chi connectivity index (χ2n) is 7.70. The number of likely N-dealkylation sites (tertiary alicyclic amines) is 2. The Kier molecular flexibility index (Phi) is 4.58. The standard InChI is InChI=1S/C19H26N4O3/c1-21-8-6-20-17(21)13-22-7-3-5-19(18(24)25)14-23(11-15(19)10-22)12-16-4-2-9-26-16/h2,4,6,8-9,15H,3,5,7,10-14H2,1H3,(H,24,25)/t15-,19-/m1/s1. The van der Waals surface area contributed by atoms with Crippen molar-refractivity contribution in [3.63, 3.8) is 0 Å². The highest BCUT2D eigenvalue weighted by Gasteiger charge is 2.53. The van der Waals surface area contributed by atoms with Crippen LogP contribution in [0.3, 0.4) is 0 Å². The van der Waals surface area contributed by atoms with E-state index in [0.717, 1.165) is 50.6 Å². The normalized spacial score (nSPS) is 27.3. The third-order valence-electron chi connectivity index (χ3n) is 6.01. The van der Waals surface area contributed by atoms with Crippen LogP contribution in [-0.4, -0.2) is 56.6 Å². The predicted molar refractivity (Wildman–Crippen MR) is 95.3 cm³/mol. The topological polar surface area (TPSA) is 74.7 Å². The molecule has 2 aliphatic rings. The first-order chi connectivity index (χ1) is 12.6. The third kappa shape index (κ3) is 3.17. The van der Waals surface area contributed by atoms with Crippen LogP contribution in [0.4, 0.5) is 0 Å². The highest BCUT2D eigenvalue weighted by molar-refractivity contribution is 5.76. The van der Waals surface area contributed by atoms with Gasteiger partial charge in [0.25, 0.3) is 0 Å². The Morgan fingerprint density at radius 1 is 1.38 bits per heavy atom. The van der Waals surface area contributed by atoms with Gasteiger partial charge in [-0.2, -0.15) is 0 Å². The highest BCUT2D eigenvalue weighted by Crippen LogP contribution is 2.43. The van der Waals surface area contributed by atoms with Gasteiger partial charge < -0.3 is 14.1 Å². The summed E-state index contributed by atoms with van der Waals surface area (Å²) in [4.78, 5) is 21.3. The predicted octanol–water partition coefficient (Wildman–Crippen LogP) is 1.81. The fourth-order valence-corrected chi connectivity index (χ4v) is 4.60.